The topological polar surface area (TPSA) is 70.6 Å². The van der Waals surface area contributed by atoms with Gasteiger partial charge < -0.3 is 5.32 Å². The van der Waals surface area contributed by atoms with Crippen molar-refractivity contribution < 1.29 is 8.42 Å². The molecule has 2 aliphatic carbocycles. The Morgan fingerprint density at radius 2 is 1.62 bits per heavy atom. The quantitative estimate of drug-likeness (QED) is 0.436. The molecule has 5 nitrogen and oxygen atoms in total. The Labute approximate surface area is 220 Å². The van der Waals surface area contributed by atoms with Crippen molar-refractivity contribution in [3.05, 3.63) is 77.9 Å². The molecule has 0 radical (unpaired) electrons. The summed E-state index contributed by atoms with van der Waals surface area (Å²) in [6.45, 7) is 1.40. The molecule has 6 heteroatoms. The summed E-state index contributed by atoms with van der Waals surface area (Å²) in [5.74, 6) is 2.74. The number of aryl methyl sites for hydroxylation is 1. The van der Waals surface area contributed by atoms with Crippen molar-refractivity contribution in [3.63, 3.8) is 0 Å². The molecule has 0 bridgehead atoms. The summed E-state index contributed by atoms with van der Waals surface area (Å²) >= 11 is 0. The maximum atomic E-state index is 12.9. The molecule has 1 heterocycles. The zero-order valence-electron chi connectivity index (χ0n) is 21.4. The number of sulfonamides is 1. The van der Waals surface area contributed by atoms with Gasteiger partial charge >= 0.3 is 0 Å². The number of amidine groups is 1. The maximum Gasteiger partial charge on any atom is 0.240 e. The van der Waals surface area contributed by atoms with Crippen LogP contribution in [0.5, 0.6) is 0 Å². The normalized spacial score (nSPS) is 26.9. The summed E-state index contributed by atoms with van der Waals surface area (Å²) in [6, 6.07) is 22.7. The second-order valence-electron chi connectivity index (χ2n) is 11.2. The molecule has 1 aliphatic heterocycles. The lowest BCUT2D eigenvalue weighted by atomic mass is 9.82. The molecule has 37 heavy (non-hydrogen) atoms. The largest absolute Gasteiger partial charge is 0.370 e. The maximum absolute atomic E-state index is 12.9. The molecule has 2 fully saturated rings. The van der Waals surface area contributed by atoms with E-state index in [-0.39, 0.29) is 0 Å². The van der Waals surface area contributed by atoms with Crippen LogP contribution in [0.2, 0.25) is 0 Å². The van der Waals surface area contributed by atoms with Gasteiger partial charge in [-0.2, -0.15) is 0 Å². The number of hydrogen-bond acceptors (Lipinski definition) is 3. The molecule has 2 atom stereocenters. The first-order valence-electron chi connectivity index (χ1n) is 13.9. The summed E-state index contributed by atoms with van der Waals surface area (Å²) in [4.78, 5) is 5.39. The van der Waals surface area contributed by atoms with Crippen molar-refractivity contribution in [1.82, 2.24) is 10.0 Å². The molecule has 194 valence electrons. The van der Waals surface area contributed by atoms with Crippen LogP contribution in [-0.4, -0.2) is 33.4 Å². The molecule has 3 aromatic carbocycles. The number of fused-ring (bicyclic) bond motifs is 4. The third-order valence-electron chi connectivity index (χ3n) is 8.77. The van der Waals surface area contributed by atoms with E-state index >= 15 is 0 Å². The number of benzene rings is 3. The molecule has 1 saturated carbocycles. The zero-order valence-corrected chi connectivity index (χ0v) is 22.2. The fraction of sp³-hybridized carbons (Fsp3) is 0.452. The summed E-state index contributed by atoms with van der Waals surface area (Å²) in [6.07, 6.45) is 9.05. The minimum absolute atomic E-state index is 0.346. The summed E-state index contributed by atoms with van der Waals surface area (Å²) in [5.41, 5.74) is 3.04. The number of hydrogen-bond donors (Lipinski definition) is 2. The van der Waals surface area contributed by atoms with Crippen LogP contribution in [0.4, 0.5) is 0 Å². The Morgan fingerprint density at radius 3 is 2.49 bits per heavy atom. The van der Waals surface area contributed by atoms with Gasteiger partial charge in [0.2, 0.25) is 10.0 Å². The molecule has 3 aromatic rings. The van der Waals surface area contributed by atoms with Gasteiger partial charge in [-0.1, -0.05) is 54.6 Å². The molecule has 2 N–H and O–H groups in total. The van der Waals surface area contributed by atoms with Crippen molar-refractivity contribution >= 4 is 26.6 Å². The first kappa shape index (κ1) is 24.6. The van der Waals surface area contributed by atoms with Crippen molar-refractivity contribution in [2.75, 3.05) is 13.1 Å². The van der Waals surface area contributed by atoms with E-state index in [1.165, 1.54) is 36.2 Å². The predicted molar refractivity (Wildman–Crippen MR) is 151 cm³/mol. The molecule has 0 aromatic heterocycles. The number of aliphatic imine (C=N–C) groups is 1. The number of nitrogens with zero attached hydrogens (tertiary/aromatic N) is 1. The lowest BCUT2D eigenvalue weighted by Gasteiger charge is -2.27. The first-order valence-corrected chi connectivity index (χ1v) is 15.4. The lowest BCUT2D eigenvalue weighted by Crippen LogP contribution is -2.32. The average Bonchev–Trinajstić information content (AvgIpc) is 3.26. The van der Waals surface area contributed by atoms with Gasteiger partial charge in [0.15, 0.2) is 0 Å². The van der Waals surface area contributed by atoms with E-state index in [1.54, 1.807) is 12.1 Å². The van der Waals surface area contributed by atoms with Crippen molar-refractivity contribution in [2.45, 2.75) is 68.2 Å². The van der Waals surface area contributed by atoms with Crippen LogP contribution in [0.25, 0.3) is 10.8 Å². The van der Waals surface area contributed by atoms with Gasteiger partial charge in [0.05, 0.1) is 10.7 Å². The van der Waals surface area contributed by atoms with E-state index in [9.17, 15) is 8.42 Å². The first-order chi connectivity index (χ1) is 18.0. The Balaban J connectivity index is 0.995. The van der Waals surface area contributed by atoms with Gasteiger partial charge in [0.1, 0.15) is 0 Å². The highest BCUT2D eigenvalue weighted by Crippen LogP contribution is 2.37. The van der Waals surface area contributed by atoms with Gasteiger partial charge in [-0.3, -0.25) is 4.99 Å². The summed E-state index contributed by atoms with van der Waals surface area (Å²) < 4.78 is 28.7. The minimum Gasteiger partial charge on any atom is -0.370 e. The molecular weight excluding hydrogens is 478 g/mol. The fourth-order valence-electron chi connectivity index (χ4n) is 6.57. The van der Waals surface area contributed by atoms with Crippen LogP contribution < -0.4 is 10.0 Å². The molecular formula is C31H37N3O2S. The smallest absolute Gasteiger partial charge is 0.240 e. The molecule has 2 unspecified atom stereocenters. The van der Waals surface area contributed by atoms with Crippen molar-refractivity contribution in [2.24, 2.45) is 16.8 Å². The highest BCUT2D eigenvalue weighted by atomic mass is 32.2. The van der Waals surface area contributed by atoms with Gasteiger partial charge in [-0.05, 0) is 90.8 Å². The zero-order chi connectivity index (χ0) is 25.2. The summed E-state index contributed by atoms with van der Waals surface area (Å²) in [7, 11) is -3.50. The number of rotatable bonds is 6. The Bertz CT molecular complexity index is 1390. The molecule has 6 rings (SSSR count). The number of nitrogens with one attached hydrogen (secondary N) is 2. The van der Waals surface area contributed by atoms with E-state index < -0.39 is 10.0 Å². The molecule has 0 spiro atoms. The van der Waals surface area contributed by atoms with E-state index in [4.69, 9.17) is 4.99 Å². The van der Waals surface area contributed by atoms with Gasteiger partial charge in [-0.25, -0.2) is 13.1 Å². The van der Waals surface area contributed by atoms with Crippen LogP contribution in [0.15, 0.2) is 76.6 Å². The van der Waals surface area contributed by atoms with Crippen LogP contribution in [0.3, 0.4) is 0 Å². The van der Waals surface area contributed by atoms with Gasteiger partial charge in [0, 0.05) is 31.5 Å². The van der Waals surface area contributed by atoms with Gasteiger partial charge in [0.25, 0.3) is 0 Å². The van der Waals surface area contributed by atoms with Crippen LogP contribution >= 0.6 is 0 Å². The Kier molecular flexibility index (Phi) is 7.04. The fourth-order valence-corrected chi connectivity index (χ4v) is 7.72. The van der Waals surface area contributed by atoms with Crippen LogP contribution in [0.1, 0.15) is 62.0 Å². The van der Waals surface area contributed by atoms with E-state index in [0.29, 0.717) is 35.2 Å². The molecule has 1 saturated heterocycles. The van der Waals surface area contributed by atoms with Crippen molar-refractivity contribution in [1.29, 1.82) is 0 Å². The Morgan fingerprint density at radius 1 is 0.865 bits per heavy atom. The van der Waals surface area contributed by atoms with Crippen molar-refractivity contribution in [3.8, 4) is 0 Å². The Hall–Kier alpha value is -2.70. The van der Waals surface area contributed by atoms with E-state index in [0.717, 1.165) is 49.4 Å². The second-order valence-corrected chi connectivity index (χ2v) is 13.0. The second kappa shape index (κ2) is 10.6. The van der Waals surface area contributed by atoms with Crippen LogP contribution in [0, 0.1) is 11.8 Å². The monoisotopic (exact) mass is 515 g/mol. The van der Waals surface area contributed by atoms with Crippen LogP contribution in [-0.2, 0) is 16.4 Å². The standard InChI is InChI=1S/C31H37N3O2S/c35-37(36,27-17-16-24-6-1-2-8-26(24)18-27)33-21-23-14-12-22(13-15-23)20-32-31-19-29-28-10-4-3-7-25(28)9-5-11-30(29)34-31/h1-4,6-8,10,16-18,22-23,29-30,33H,5,9,11-15,19-21H2,(H,32,34). The predicted octanol–water partition coefficient (Wildman–Crippen LogP) is 5.81. The molecule has 3 aliphatic rings. The third-order valence-corrected chi connectivity index (χ3v) is 10.2. The highest BCUT2D eigenvalue weighted by molar-refractivity contribution is 7.89. The van der Waals surface area contributed by atoms with E-state index in [2.05, 4.69) is 34.3 Å². The molecule has 0 amide bonds. The van der Waals surface area contributed by atoms with Gasteiger partial charge in [-0.15, -0.1) is 0 Å². The van der Waals surface area contributed by atoms with E-state index in [1.807, 2.05) is 30.3 Å². The minimum atomic E-state index is -3.50. The lowest BCUT2D eigenvalue weighted by molar-refractivity contribution is 0.280. The summed E-state index contributed by atoms with van der Waals surface area (Å²) in [5, 5.41) is 5.76. The highest BCUT2D eigenvalue weighted by Gasteiger charge is 2.34. The SMILES string of the molecule is O=S(=O)(NCC1CCC(CN=C2CC3c4ccccc4CCCC3N2)CC1)c1ccc2ccccc2c1. The average molecular weight is 516 g/mol. The third kappa shape index (κ3) is 5.46.